The zero-order chi connectivity index (χ0) is 14.4. The molecule has 1 saturated carbocycles. The summed E-state index contributed by atoms with van der Waals surface area (Å²) < 4.78 is 21.7. The van der Waals surface area contributed by atoms with Crippen LogP contribution >= 0.6 is 0 Å². The Morgan fingerprint density at radius 2 is 1.63 bits per heavy atom. The molecule has 0 bridgehead atoms. The third-order valence-corrected chi connectivity index (χ3v) is 3.73. The molecule has 19 heavy (non-hydrogen) atoms. The molecule has 110 valence electrons. The van der Waals surface area contributed by atoms with Crippen LogP contribution in [0.1, 0.15) is 19.8 Å². The van der Waals surface area contributed by atoms with Gasteiger partial charge in [0.25, 0.3) is 0 Å². The number of carbonyl (C=O) groups excluding carboxylic acids is 1. The van der Waals surface area contributed by atoms with Gasteiger partial charge in [-0.05, 0) is 6.42 Å². The molecule has 1 aliphatic carbocycles. The molecule has 5 nitrogen and oxygen atoms in total. The summed E-state index contributed by atoms with van der Waals surface area (Å²) in [5.74, 6) is -0.287. The molecule has 5 atom stereocenters. The second-order valence-electron chi connectivity index (χ2n) is 4.77. The van der Waals surface area contributed by atoms with Gasteiger partial charge >= 0.3 is 5.97 Å². The van der Waals surface area contributed by atoms with Gasteiger partial charge in [0.2, 0.25) is 0 Å². The fourth-order valence-electron chi connectivity index (χ4n) is 2.74. The van der Waals surface area contributed by atoms with Gasteiger partial charge in [-0.2, -0.15) is 0 Å². The Balaban J connectivity index is 2.83. The summed E-state index contributed by atoms with van der Waals surface area (Å²) in [6.45, 7) is 5.14. The lowest BCUT2D eigenvalue weighted by Crippen LogP contribution is -2.48. The fourth-order valence-corrected chi connectivity index (χ4v) is 2.74. The molecule has 1 fully saturated rings. The third-order valence-electron chi connectivity index (χ3n) is 3.73. The van der Waals surface area contributed by atoms with E-state index in [1.165, 1.54) is 6.92 Å². The van der Waals surface area contributed by atoms with Crippen LogP contribution in [0.3, 0.4) is 0 Å². The molecule has 0 radical (unpaired) electrons. The minimum atomic E-state index is -0.363. The Morgan fingerprint density at radius 1 is 1.11 bits per heavy atom. The van der Waals surface area contributed by atoms with Gasteiger partial charge in [0.05, 0.1) is 18.3 Å². The van der Waals surface area contributed by atoms with Crippen molar-refractivity contribution in [2.45, 2.75) is 44.2 Å². The minimum Gasteiger partial charge on any atom is -0.458 e. The molecule has 0 saturated heterocycles. The van der Waals surface area contributed by atoms with Crippen molar-refractivity contribution in [2.75, 3.05) is 21.3 Å². The van der Waals surface area contributed by atoms with Crippen LogP contribution in [-0.4, -0.2) is 51.7 Å². The summed E-state index contributed by atoms with van der Waals surface area (Å²) in [5.41, 5.74) is 0. The zero-order valence-corrected chi connectivity index (χ0v) is 12.1. The molecule has 0 heterocycles. The Labute approximate surface area is 114 Å². The minimum absolute atomic E-state index is 0.00556. The van der Waals surface area contributed by atoms with Gasteiger partial charge in [0, 0.05) is 40.6 Å². The normalized spacial score (nSPS) is 32.6. The maximum atomic E-state index is 11.2. The summed E-state index contributed by atoms with van der Waals surface area (Å²) in [6.07, 6.45) is 2.63. The first kappa shape index (κ1) is 16.1. The number of methoxy groups -OCH3 is 3. The summed E-state index contributed by atoms with van der Waals surface area (Å²) in [5, 5.41) is 0. The van der Waals surface area contributed by atoms with E-state index in [2.05, 4.69) is 6.58 Å². The number of esters is 1. The highest BCUT2D eigenvalue weighted by molar-refractivity contribution is 5.66. The molecule has 0 aromatic carbocycles. The maximum absolute atomic E-state index is 11.2. The molecule has 0 aromatic heterocycles. The van der Waals surface area contributed by atoms with E-state index in [9.17, 15) is 4.79 Å². The van der Waals surface area contributed by atoms with Gasteiger partial charge in [0.15, 0.2) is 0 Å². The Bertz CT molecular complexity index is 304. The van der Waals surface area contributed by atoms with Crippen LogP contribution in [0.5, 0.6) is 0 Å². The van der Waals surface area contributed by atoms with E-state index in [0.29, 0.717) is 12.8 Å². The van der Waals surface area contributed by atoms with E-state index in [-0.39, 0.29) is 36.3 Å². The molecule has 0 amide bonds. The SMILES string of the molecule is C=CC(OC(C)=O)C1CC(OC)C(OC)CC1OC. The van der Waals surface area contributed by atoms with Crippen LogP contribution in [0.4, 0.5) is 0 Å². The standard InChI is InChI=1S/C14H24O5/c1-6-11(19-9(2)15)10-7-13(17-4)14(18-5)8-12(10)16-3/h6,10-14H,1,7-8H2,2-5H3. The molecule has 1 rings (SSSR count). The van der Waals surface area contributed by atoms with Crippen molar-refractivity contribution in [3.8, 4) is 0 Å². The molecular weight excluding hydrogens is 248 g/mol. The average molecular weight is 272 g/mol. The highest BCUT2D eigenvalue weighted by Crippen LogP contribution is 2.34. The van der Waals surface area contributed by atoms with E-state index >= 15 is 0 Å². The van der Waals surface area contributed by atoms with Crippen molar-refractivity contribution in [1.82, 2.24) is 0 Å². The highest BCUT2D eigenvalue weighted by atomic mass is 16.6. The molecule has 5 unspecified atom stereocenters. The van der Waals surface area contributed by atoms with Gasteiger partial charge in [-0.1, -0.05) is 12.7 Å². The lowest BCUT2D eigenvalue weighted by molar-refractivity contribution is -0.160. The Kier molecular flexibility index (Phi) is 6.48. The monoisotopic (exact) mass is 272 g/mol. The van der Waals surface area contributed by atoms with Crippen LogP contribution in [0.15, 0.2) is 12.7 Å². The second kappa shape index (κ2) is 7.62. The van der Waals surface area contributed by atoms with Gasteiger partial charge in [-0.25, -0.2) is 0 Å². The largest absolute Gasteiger partial charge is 0.458 e. The van der Waals surface area contributed by atoms with Crippen molar-refractivity contribution >= 4 is 5.97 Å². The first-order chi connectivity index (χ1) is 9.07. The van der Waals surface area contributed by atoms with Crippen LogP contribution in [0.25, 0.3) is 0 Å². The number of ether oxygens (including phenoxy) is 4. The summed E-state index contributed by atoms with van der Waals surface area (Å²) in [6, 6.07) is 0. The van der Waals surface area contributed by atoms with Crippen molar-refractivity contribution in [2.24, 2.45) is 5.92 Å². The van der Waals surface area contributed by atoms with E-state index in [4.69, 9.17) is 18.9 Å². The number of rotatable bonds is 6. The van der Waals surface area contributed by atoms with E-state index in [0.717, 1.165) is 0 Å². The number of carbonyl (C=O) groups is 1. The average Bonchev–Trinajstić information content (AvgIpc) is 2.42. The third kappa shape index (κ3) is 4.03. The molecule has 0 N–H and O–H groups in total. The van der Waals surface area contributed by atoms with E-state index in [1.807, 2.05) is 0 Å². The quantitative estimate of drug-likeness (QED) is 0.542. The summed E-state index contributed by atoms with van der Waals surface area (Å²) >= 11 is 0. The second-order valence-corrected chi connectivity index (χ2v) is 4.77. The van der Waals surface area contributed by atoms with Crippen molar-refractivity contribution in [3.05, 3.63) is 12.7 Å². The van der Waals surface area contributed by atoms with Gasteiger partial charge < -0.3 is 18.9 Å². The van der Waals surface area contributed by atoms with E-state index in [1.54, 1.807) is 27.4 Å². The first-order valence-corrected chi connectivity index (χ1v) is 6.45. The smallest absolute Gasteiger partial charge is 0.303 e. The Hall–Kier alpha value is -0.910. The Morgan fingerprint density at radius 3 is 2.05 bits per heavy atom. The maximum Gasteiger partial charge on any atom is 0.303 e. The lowest BCUT2D eigenvalue weighted by Gasteiger charge is -2.41. The van der Waals surface area contributed by atoms with Crippen LogP contribution in [0, 0.1) is 5.92 Å². The molecule has 0 spiro atoms. The predicted octanol–water partition coefficient (Wildman–Crippen LogP) is 1.56. The van der Waals surface area contributed by atoms with Crippen molar-refractivity contribution in [3.63, 3.8) is 0 Å². The topological polar surface area (TPSA) is 54.0 Å². The van der Waals surface area contributed by atoms with Crippen LogP contribution in [-0.2, 0) is 23.7 Å². The fraction of sp³-hybridized carbons (Fsp3) is 0.786. The number of hydrogen-bond acceptors (Lipinski definition) is 5. The van der Waals surface area contributed by atoms with Gasteiger partial charge in [-0.3, -0.25) is 4.79 Å². The molecule has 1 aliphatic rings. The van der Waals surface area contributed by atoms with Gasteiger partial charge in [0.1, 0.15) is 6.10 Å². The highest BCUT2D eigenvalue weighted by Gasteiger charge is 2.41. The predicted molar refractivity (Wildman–Crippen MR) is 70.9 cm³/mol. The van der Waals surface area contributed by atoms with Crippen LogP contribution < -0.4 is 0 Å². The molecule has 5 heteroatoms. The zero-order valence-electron chi connectivity index (χ0n) is 12.1. The molecular formula is C14H24O5. The summed E-state index contributed by atoms with van der Waals surface area (Å²) in [4.78, 5) is 11.2. The van der Waals surface area contributed by atoms with Crippen molar-refractivity contribution in [1.29, 1.82) is 0 Å². The summed E-state index contributed by atoms with van der Waals surface area (Å²) in [7, 11) is 4.99. The van der Waals surface area contributed by atoms with Gasteiger partial charge in [-0.15, -0.1) is 0 Å². The molecule has 0 aliphatic heterocycles. The molecule has 0 aromatic rings. The lowest BCUT2D eigenvalue weighted by atomic mass is 9.79. The van der Waals surface area contributed by atoms with Crippen molar-refractivity contribution < 1.29 is 23.7 Å². The number of hydrogen-bond donors (Lipinski definition) is 0. The van der Waals surface area contributed by atoms with Crippen LogP contribution in [0.2, 0.25) is 0 Å². The first-order valence-electron chi connectivity index (χ1n) is 6.45. The van der Waals surface area contributed by atoms with E-state index < -0.39 is 0 Å².